The Balaban J connectivity index is 1.89. The molecule has 6 heteroatoms. The molecule has 0 heterocycles. The number of anilines is 1. The number of guanidine groups is 1. The third kappa shape index (κ3) is 6.90. The maximum atomic E-state index is 11.6. The van der Waals surface area contributed by atoms with Crippen molar-refractivity contribution in [2.75, 3.05) is 18.1 Å². The van der Waals surface area contributed by atoms with Crippen LogP contribution in [0.5, 0.6) is 0 Å². The predicted molar refractivity (Wildman–Crippen MR) is 113 cm³/mol. The average Bonchev–Trinajstić information content (AvgIpc) is 3.09. The number of benzene rings is 1. The number of nitrogens with one attached hydrogen (secondary N) is 3. The summed E-state index contributed by atoms with van der Waals surface area (Å²) in [7, 11) is 0. The van der Waals surface area contributed by atoms with Crippen LogP contribution in [-0.4, -0.2) is 36.0 Å². The molecule has 0 radical (unpaired) electrons. The van der Waals surface area contributed by atoms with Crippen molar-refractivity contribution in [3.05, 3.63) is 29.8 Å². The number of amides is 1. The summed E-state index contributed by atoms with van der Waals surface area (Å²) >= 11 is 1.97. The number of carbonyl (C=O) groups excluding carboxylic acids is 1. The Bertz CT molecular complexity index is 588. The Kier molecular flexibility index (Phi) is 8.81. The average molecular weight is 377 g/mol. The molecule has 0 saturated heterocycles. The van der Waals surface area contributed by atoms with E-state index in [2.05, 4.69) is 29.1 Å². The number of aliphatic imine (C=N–C) groups is 1. The summed E-state index contributed by atoms with van der Waals surface area (Å²) in [5.41, 5.74) is 1.97. The number of thioether (sulfide) groups is 1. The largest absolute Gasteiger partial charge is 0.357 e. The Labute approximate surface area is 161 Å². The van der Waals surface area contributed by atoms with Crippen molar-refractivity contribution in [1.29, 1.82) is 0 Å². The van der Waals surface area contributed by atoms with Crippen molar-refractivity contribution in [1.82, 2.24) is 10.6 Å². The minimum atomic E-state index is 0.0667. The van der Waals surface area contributed by atoms with E-state index in [0.29, 0.717) is 19.0 Å². The SMILES string of the molecule is CCCC(=O)Nc1ccc(CN=C(NCC)NC2CCC(SC)C2)cc1. The highest BCUT2D eigenvalue weighted by Gasteiger charge is 2.24. The lowest BCUT2D eigenvalue weighted by Gasteiger charge is -2.17. The van der Waals surface area contributed by atoms with Crippen molar-refractivity contribution in [2.45, 2.75) is 63.8 Å². The van der Waals surface area contributed by atoms with Gasteiger partial charge in [0.25, 0.3) is 0 Å². The zero-order chi connectivity index (χ0) is 18.8. The molecular formula is C20H32N4OS. The van der Waals surface area contributed by atoms with Crippen molar-refractivity contribution in [3.63, 3.8) is 0 Å². The van der Waals surface area contributed by atoms with Crippen LogP contribution in [0.25, 0.3) is 0 Å². The van der Waals surface area contributed by atoms with Gasteiger partial charge in [0.15, 0.2) is 5.96 Å². The summed E-state index contributed by atoms with van der Waals surface area (Å²) < 4.78 is 0. The zero-order valence-electron chi connectivity index (χ0n) is 16.2. The van der Waals surface area contributed by atoms with E-state index < -0.39 is 0 Å². The first-order valence-corrected chi connectivity index (χ1v) is 10.9. The Morgan fingerprint density at radius 3 is 2.62 bits per heavy atom. The molecular weight excluding hydrogens is 344 g/mol. The van der Waals surface area contributed by atoms with E-state index >= 15 is 0 Å². The molecule has 1 aromatic carbocycles. The van der Waals surface area contributed by atoms with E-state index in [1.807, 2.05) is 43.0 Å². The zero-order valence-corrected chi connectivity index (χ0v) is 17.0. The van der Waals surface area contributed by atoms with Gasteiger partial charge in [-0.3, -0.25) is 4.79 Å². The van der Waals surface area contributed by atoms with E-state index in [-0.39, 0.29) is 5.91 Å². The Morgan fingerprint density at radius 2 is 2.00 bits per heavy atom. The molecule has 1 aromatic rings. The molecule has 2 atom stereocenters. The summed E-state index contributed by atoms with van der Waals surface area (Å²) in [6.45, 7) is 5.57. The van der Waals surface area contributed by atoms with Crippen LogP contribution >= 0.6 is 11.8 Å². The molecule has 0 bridgehead atoms. The first kappa shape index (κ1) is 20.6. The molecule has 1 saturated carbocycles. The fourth-order valence-electron chi connectivity index (χ4n) is 3.11. The molecule has 3 N–H and O–H groups in total. The van der Waals surface area contributed by atoms with Gasteiger partial charge in [-0.05, 0) is 56.6 Å². The van der Waals surface area contributed by atoms with E-state index in [1.54, 1.807) is 0 Å². The van der Waals surface area contributed by atoms with Crippen LogP contribution in [0.2, 0.25) is 0 Å². The molecule has 2 rings (SSSR count). The van der Waals surface area contributed by atoms with E-state index in [4.69, 9.17) is 4.99 Å². The number of hydrogen-bond acceptors (Lipinski definition) is 3. The van der Waals surface area contributed by atoms with Gasteiger partial charge in [-0.2, -0.15) is 11.8 Å². The highest BCUT2D eigenvalue weighted by atomic mass is 32.2. The van der Waals surface area contributed by atoms with E-state index in [0.717, 1.165) is 35.4 Å². The van der Waals surface area contributed by atoms with E-state index in [1.165, 1.54) is 19.3 Å². The standard InChI is InChI=1S/C20H32N4OS/c1-4-6-19(25)23-16-9-7-15(8-10-16)14-22-20(21-5-2)24-17-11-12-18(13-17)26-3/h7-10,17-18H,4-6,11-14H2,1-3H3,(H,23,25)(H2,21,22,24). The second-order valence-electron chi connectivity index (χ2n) is 6.70. The number of nitrogens with zero attached hydrogens (tertiary/aromatic N) is 1. The fraction of sp³-hybridized carbons (Fsp3) is 0.600. The van der Waals surface area contributed by atoms with Crippen LogP contribution in [0.15, 0.2) is 29.3 Å². The van der Waals surface area contributed by atoms with Crippen LogP contribution in [0, 0.1) is 0 Å². The van der Waals surface area contributed by atoms with Crippen LogP contribution in [-0.2, 0) is 11.3 Å². The predicted octanol–water partition coefficient (Wildman–Crippen LogP) is 3.76. The Morgan fingerprint density at radius 1 is 1.23 bits per heavy atom. The summed E-state index contributed by atoms with van der Waals surface area (Å²) in [6, 6.07) is 8.45. The maximum absolute atomic E-state index is 11.6. The third-order valence-corrected chi connectivity index (χ3v) is 5.63. The molecule has 0 aliphatic heterocycles. The maximum Gasteiger partial charge on any atom is 0.224 e. The van der Waals surface area contributed by atoms with Crippen LogP contribution in [0.4, 0.5) is 5.69 Å². The van der Waals surface area contributed by atoms with Crippen molar-refractivity contribution in [2.24, 2.45) is 4.99 Å². The molecule has 1 fully saturated rings. The van der Waals surface area contributed by atoms with Crippen molar-refractivity contribution in [3.8, 4) is 0 Å². The van der Waals surface area contributed by atoms with Gasteiger partial charge in [0, 0.05) is 29.9 Å². The minimum absolute atomic E-state index is 0.0667. The smallest absolute Gasteiger partial charge is 0.224 e. The van der Waals surface area contributed by atoms with Crippen LogP contribution in [0.1, 0.15) is 51.5 Å². The second-order valence-corrected chi connectivity index (χ2v) is 7.84. The van der Waals surface area contributed by atoms with Gasteiger partial charge in [-0.15, -0.1) is 0 Å². The molecule has 0 aromatic heterocycles. The lowest BCUT2D eigenvalue weighted by atomic mass is 10.2. The minimum Gasteiger partial charge on any atom is -0.357 e. The normalized spacial score (nSPS) is 20.0. The van der Waals surface area contributed by atoms with Crippen LogP contribution < -0.4 is 16.0 Å². The fourth-order valence-corrected chi connectivity index (χ4v) is 3.91. The highest BCUT2D eigenvalue weighted by molar-refractivity contribution is 7.99. The molecule has 1 aliphatic carbocycles. The van der Waals surface area contributed by atoms with Gasteiger partial charge in [-0.1, -0.05) is 19.1 Å². The molecule has 0 spiro atoms. The molecule has 1 aliphatic rings. The van der Waals surface area contributed by atoms with E-state index in [9.17, 15) is 4.79 Å². The summed E-state index contributed by atoms with van der Waals surface area (Å²) in [6.07, 6.45) is 7.31. The number of rotatable bonds is 8. The van der Waals surface area contributed by atoms with Gasteiger partial charge in [0.05, 0.1) is 6.54 Å². The summed E-state index contributed by atoms with van der Waals surface area (Å²) in [5, 5.41) is 10.6. The van der Waals surface area contributed by atoms with Crippen LogP contribution in [0.3, 0.4) is 0 Å². The van der Waals surface area contributed by atoms with Crippen molar-refractivity contribution >= 4 is 29.3 Å². The molecule has 26 heavy (non-hydrogen) atoms. The Hall–Kier alpha value is -1.69. The molecule has 144 valence electrons. The number of hydrogen-bond donors (Lipinski definition) is 3. The lowest BCUT2D eigenvalue weighted by Crippen LogP contribution is -2.42. The summed E-state index contributed by atoms with van der Waals surface area (Å²) in [5.74, 6) is 0.955. The summed E-state index contributed by atoms with van der Waals surface area (Å²) in [4.78, 5) is 16.4. The van der Waals surface area contributed by atoms with Crippen molar-refractivity contribution < 1.29 is 4.79 Å². The monoisotopic (exact) mass is 376 g/mol. The van der Waals surface area contributed by atoms with Gasteiger partial charge in [0.2, 0.25) is 5.91 Å². The van der Waals surface area contributed by atoms with Gasteiger partial charge in [-0.25, -0.2) is 4.99 Å². The number of carbonyl (C=O) groups is 1. The third-order valence-electron chi connectivity index (χ3n) is 4.54. The molecule has 5 nitrogen and oxygen atoms in total. The molecule has 2 unspecified atom stereocenters. The first-order chi connectivity index (χ1) is 12.6. The highest BCUT2D eigenvalue weighted by Crippen LogP contribution is 2.28. The first-order valence-electron chi connectivity index (χ1n) is 9.61. The van der Waals surface area contributed by atoms with Gasteiger partial charge < -0.3 is 16.0 Å². The lowest BCUT2D eigenvalue weighted by molar-refractivity contribution is -0.116. The van der Waals surface area contributed by atoms with Gasteiger partial charge in [0.1, 0.15) is 0 Å². The molecule has 1 amide bonds. The van der Waals surface area contributed by atoms with Gasteiger partial charge >= 0.3 is 0 Å². The topological polar surface area (TPSA) is 65.5 Å². The quantitative estimate of drug-likeness (QED) is 0.477. The second kappa shape index (κ2) is 11.1.